The van der Waals surface area contributed by atoms with Gasteiger partial charge in [-0.3, -0.25) is 14.1 Å². The molecule has 0 radical (unpaired) electrons. The minimum Gasteiger partial charge on any atom is -0.451 e. The maximum atomic E-state index is 12.9. The van der Waals surface area contributed by atoms with Crippen molar-refractivity contribution in [2.24, 2.45) is 11.8 Å². The van der Waals surface area contributed by atoms with E-state index in [1.807, 2.05) is 0 Å². The van der Waals surface area contributed by atoms with Gasteiger partial charge in [-0.25, -0.2) is 0 Å². The number of carbonyl (C=O) groups is 2. The highest BCUT2D eigenvalue weighted by Crippen LogP contribution is 2.38. The summed E-state index contributed by atoms with van der Waals surface area (Å²) in [6.45, 7) is 0. The first-order chi connectivity index (χ1) is 14.2. The zero-order valence-corrected chi connectivity index (χ0v) is 21.1. The number of carbonyl (C=O) groups excluding carboxylic acids is 2. The third kappa shape index (κ3) is 7.98. The maximum absolute atomic E-state index is 12.9. The van der Waals surface area contributed by atoms with Crippen LogP contribution in [0.3, 0.4) is 0 Å². The van der Waals surface area contributed by atoms with Gasteiger partial charge in [0.15, 0.2) is 5.75 Å². The van der Waals surface area contributed by atoms with Gasteiger partial charge < -0.3 is 9.47 Å². The molecule has 7 nitrogen and oxygen atoms in total. The van der Waals surface area contributed by atoms with Gasteiger partial charge in [0, 0.05) is 4.47 Å². The zero-order chi connectivity index (χ0) is 23.6. The van der Waals surface area contributed by atoms with Crippen LogP contribution in [0.25, 0.3) is 0 Å². The third-order valence-electron chi connectivity index (χ3n) is 4.55. The van der Waals surface area contributed by atoms with Gasteiger partial charge in [0.1, 0.15) is 5.75 Å². The van der Waals surface area contributed by atoms with Crippen LogP contribution < -0.4 is 4.74 Å². The van der Waals surface area contributed by atoms with Gasteiger partial charge in [-0.15, -0.1) is 0 Å². The average Bonchev–Trinajstić information content (AvgIpc) is 2.62. The lowest BCUT2D eigenvalue weighted by Crippen LogP contribution is -2.41. The standard InChI is InChI=1S/C17H16Br3F3O7S/c18-10-5-11(19)14(12(20)6-10)30-16(25)9-3-1-8(2-4-9)15(24)29-13(17(21,22)23)7-31(26,27)28/h5-6,8-9,13H,1-4,7H2,(H,26,27,28). The van der Waals surface area contributed by atoms with E-state index in [-0.39, 0.29) is 31.4 Å². The Morgan fingerprint density at radius 2 is 1.48 bits per heavy atom. The summed E-state index contributed by atoms with van der Waals surface area (Å²) in [6.07, 6.45) is -7.63. The van der Waals surface area contributed by atoms with E-state index >= 15 is 0 Å². The maximum Gasteiger partial charge on any atom is 0.426 e. The number of benzene rings is 1. The average molecular weight is 661 g/mol. The van der Waals surface area contributed by atoms with Gasteiger partial charge in [0.25, 0.3) is 10.1 Å². The van der Waals surface area contributed by atoms with Gasteiger partial charge >= 0.3 is 18.1 Å². The van der Waals surface area contributed by atoms with Gasteiger partial charge in [0.2, 0.25) is 6.10 Å². The van der Waals surface area contributed by atoms with Crippen LogP contribution in [-0.2, 0) is 24.4 Å². The van der Waals surface area contributed by atoms with Crippen LogP contribution in [0.2, 0.25) is 0 Å². The number of ether oxygens (including phenoxy) is 2. The van der Waals surface area contributed by atoms with Crippen molar-refractivity contribution in [1.29, 1.82) is 0 Å². The summed E-state index contributed by atoms with van der Waals surface area (Å²) in [6, 6.07) is 3.37. The first-order valence-electron chi connectivity index (χ1n) is 8.76. The second kappa shape index (κ2) is 10.5. The molecule has 1 aliphatic carbocycles. The first kappa shape index (κ1) is 26.6. The summed E-state index contributed by atoms with van der Waals surface area (Å²) >= 11 is 9.87. The fourth-order valence-corrected chi connectivity index (χ4v) is 6.06. The summed E-state index contributed by atoms with van der Waals surface area (Å²) in [7, 11) is -5.01. The third-order valence-corrected chi connectivity index (χ3v) is 6.90. The van der Waals surface area contributed by atoms with Crippen LogP contribution in [0.5, 0.6) is 5.75 Å². The van der Waals surface area contributed by atoms with E-state index in [1.54, 1.807) is 12.1 Å². The first-order valence-corrected chi connectivity index (χ1v) is 12.7. The highest BCUT2D eigenvalue weighted by atomic mass is 79.9. The Labute approximate surface area is 201 Å². The summed E-state index contributed by atoms with van der Waals surface area (Å²) in [5, 5.41) is 0. The number of esters is 2. The van der Waals surface area contributed by atoms with Gasteiger partial charge in [-0.05, 0) is 69.7 Å². The Balaban J connectivity index is 1.95. The van der Waals surface area contributed by atoms with Gasteiger partial charge in [-0.2, -0.15) is 21.6 Å². The van der Waals surface area contributed by atoms with Crippen molar-refractivity contribution in [3.05, 3.63) is 25.6 Å². The molecule has 1 saturated carbocycles. The van der Waals surface area contributed by atoms with E-state index in [0.717, 1.165) is 4.47 Å². The van der Waals surface area contributed by atoms with E-state index < -0.39 is 51.9 Å². The SMILES string of the molecule is O=C(Oc1c(Br)cc(Br)cc1Br)C1CCC(C(=O)OC(CS(=O)(=O)O)C(F)(F)F)CC1. The van der Waals surface area contributed by atoms with Crippen molar-refractivity contribution in [2.75, 3.05) is 5.75 Å². The lowest BCUT2D eigenvalue weighted by atomic mass is 9.82. The molecule has 31 heavy (non-hydrogen) atoms. The minimum atomic E-state index is -5.15. The van der Waals surface area contributed by atoms with Crippen molar-refractivity contribution in [1.82, 2.24) is 0 Å². The molecule has 14 heteroatoms. The fraction of sp³-hybridized carbons (Fsp3) is 0.529. The second-order valence-electron chi connectivity index (χ2n) is 6.88. The number of halogens is 6. The predicted octanol–water partition coefficient (Wildman–Crippen LogP) is 5.05. The van der Waals surface area contributed by atoms with Crippen molar-refractivity contribution in [3.63, 3.8) is 0 Å². The summed E-state index contributed by atoms with van der Waals surface area (Å²) in [5.74, 6) is -4.77. The van der Waals surface area contributed by atoms with Crippen LogP contribution in [0.15, 0.2) is 25.6 Å². The van der Waals surface area contributed by atoms with Gasteiger partial charge in [-0.1, -0.05) is 15.9 Å². The number of hydrogen-bond donors (Lipinski definition) is 1. The largest absolute Gasteiger partial charge is 0.451 e. The van der Waals surface area contributed by atoms with E-state index in [1.165, 1.54) is 0 Å². The fourth-order valence-electron chi connectivity index (χ4n) is 3.00. The number of rotatable bonds is 6. The van der Waals surface area contributed by atoms with Crippen molar-refractivity contribution in [2.45, 2.75) is 38.0 Å². The monoisotopic (exact) mass is 658 g/mol. The van der Waals surface area contributed by atoms with Crippen molar-refractivity contribution in [3.8, 4) is 5.75 Å². The van der Waals surface area contributed by atoms with E-state index in [9.17, 15) is 31.2 Å². The Morgan fingerprint density at radius 3 is 1.90 bits per heavy atom. The lowest BCUT2D eigenvalue weighted by Gasteiger charge is -2.28. The molecule has 0 amide bonds. The van der Waals surface area contributed by atoms with Crippen molar-refractivity contribution >= 4 is 69.8 Å². The number of alkyl halides is 3. The molecule has 174 valence electrons. The molecule has 0 bridgehead atoms. The Bertz CT molecular complexity index is 922. The lowest BCUT2D eigenvalue weighted by molar-refractivity contribution is -0.218. The molecular formula is C17H16Br3F3O7S. The minimum absolute atomic E-state index is 0.0672. The quantitative estimate of drug-likeness (QED) is 0.259. The molecular weight excluding hydrogens is 645 g/mol. The molecule has 1 aliphatic rings. The molecule has 1 fully saturated rings. The normalized spacial score (nSPS) is 20.7. The van der Waals surface area contributed by atoms with E-state index in [0.29, 0.717) is 8.95 Å². The highest BCUT2D eigenvalue weighted by molar-refractivity contribution is 9.11. The molecule has 1 atom stereocenters. The Hall–Kier alpha value is -0.700. The van der Waals surface area contributed by atoms with Crippen LogP contribution in [0, 0.1) is 11.8 Å². The zero-order valence-electron chi connectivity index (χ0n) is 15.5. The van der Waals surface area contributed by atoms with Crippen molar-refractivity contribution < 1.29 is 45.2 Å². The van der Waals surface area contributed by atoms with Crippen LogP contribution in [-0.4, -0.2) is 42.9 Å². The Kier molecular flexibility index (Phi) is 8.98. The molecule has 1 aromatic carbocycles. The van der Waals surface area contributed by atoms with E-state index in [4.69, 9.17) is 9.29 Å². The summed E-state index contributed by atoms with van der Waals surface area (Å²) in [5.41, 5.74) is 0. The number of hydrogen-bond acceptors (Lipinski definition) is 6. The summed E-state index contributed by atoms with van der Waals surface area (Å²) < 4.78 is 80.5. The predicted molar refractivity (Wildman–Crippen MR) is 113 cm³/mol. The molecule has 0 saturated heterocycles. The summed E-state index contributed by atoms with van der Waals surface area (Å²) in [4.78, 5) is 24.6. The molecule has 1 N–H and O–H groups in total. The molecule has 0 aliphatic heterocycles. The van der Waals surface area contributed by atoms with Crippen LogP contribution in [0.1, 0.15) is 25.7 Å². The van der Waals surface area contributed by atoms with E-state index in [2.05, 4.69) is 52.5 Å². The van der Waals surface area contributed by atoms with Gasteiger partial charge in [0.05, 0.1) is 20.8 Å². The smallest absolute Gasteiger partial charge is 0.426 e. The molecule has 0 aromatic heterocycles. The van der Waals surface area contributed by atoms with Crippen LogP contribution >= 0.6 is 47.8 Å². The highest BCUT2D eigenvalue weighted by Gasteiger charge is 2.46. The molecule has 0 spiro atoms. The molecule has 0 heterocycles. The topological polar surface area (TPSA) is 107 Å². The molecule has 1 aromatic rings. The molecule has 2 rings (SSSR count). The van der Waals surface area contributed by atoms with Crippen LogP contribution in [0.4, 0.5) is 13.2 Å². The molecule has 1 unspecified atom stereocenters. The second-order valence-corrected chi connectivity index (χ2v) is 11.0. The Morgan fingerprint density at radius 1 is 1.03 bits per heavy atom.